The molecule has 0 bridgehead atoms. The van der Waals surface area contributed by atoms with Gasteiger partial charge in [-0.3, -0.25) is 9.59 Å². The number of aromatic amines is 1. The van der Waals surface area contributed by atoms with Crippen molar-refractivity contribution < 1.29 is 19.1 Å². The van der Waals surface area contributed by atoms with Crippen LogP contribution in [0.4, 0.5) is 4.79 Å². The summed E-state index contributed by atoms with van der Waals surface area (Å²) in [7, 11) is 0. The van der Waals surface area contributed by atoms with Gasteiger partial charge < -0.3 is 19.4 Å². The van der Waals surface area contributed by atoms with E-state index in [9.17, 15) is 9.59 Å². The van der Waals surface area contributed by atoms with Gasteiger partial charge in [0.15, 0.2) is 11.5 Å². The van der Waals surface area contributed by atoms with E-state index in [-0.39, 0.29) is 23.2 Å². The molecule has 6 nitrogen and oxygen atoms in total. The van der Waals surface area contributed by atoms with Crippen LogP contribution in [0.3, 0.4) is 0 Å². The summed E-state index contributed by atoms with van der Waals surface area (Å²) >= 11 is 0.807. The first-order valence-corrected chi connectivity index (χ1v) is 9.55. The van der Waals surface area contributed by atoms with E-state index >= 15 is 0 Å². The SMILES string of the molecule is O=C1SC(=O)N2[C@H](c3ccc4c(c3)OCO4)c3[nH]c4ccccc4c3C[C@H]12. The lowest BCUT2D eigenvalue weighted by Crippen LogP contribution is -2.44. The number of nitrogens with one attached hydrogen (secondary N) is 1. The Kier molecular flexibility index (Phi) is 2.97. The van der Waals surface area contributed by atoms with Crippen LogP contribution in [-0.2, 0) is 11.2 Å². The molecule has 3 aliphatic rings. The normalized spacial score (nSPS) is 23.0. The molecule has 0 aliphatic carbocycles. The number of carbonyl (C=O) groups is 2. The molecule has 0 unspecified atom stereocenters. The van der Waals surface area contributed by atoms with E-state index in [1.165, 1.54) is 0 Å². The van der Waals surface area contributed by atoms with Crippen LogP contribution < -0.4 is 9.47 Å². The summed E-state index contributed by atoms with van der Waals surface area (Å²) < 4.78 is 10.9. The minimum absolute atomic E-state index is 0.0818. The van der Waals surface area contributed by atoms with Crippen molar-refractivity contribution >= 4 is 33.0 Å². The maximum atomic E-state index is 12.7. The third-order valence-electron chi connectivity index (χ3n) is 5.51. The molecule has 0 radical (unpaired) electrons. The predicted octanol–water partition coefficient (Wildman–Crippen LogP) is 3.61. The Morgan fingerprint density at radius 2 is 1.93 bits per heavy atom. The molecule has 6 rings (SSSR count). The van der Waals surface area contributed by atoms with Crippen molar-refractivity contribution in [2.45, 2.75) is 18.5 Å². The summed E-state index contributed by atoms with van der Waals surface area (Å²) in [5, 5.41) is 0.827. The van der Waals surface area contributed by atoms with Crippen LogP contribution in [0, 0.1) is 0 Å². The Balaban J connectivity index is 1.60. The number of thioether (sulfide) groups is 1. The molecule has 2 atom stereocenters. The molecule has 1 fully saturated rings. The molecule has 2 aromatic carbocycles. The van der Waals surface area contributed by atoms with E-state index < -0.39 is 6.04 Å². The van der Waals surface area contributed by atoms with Crippen molar-refractivity contribution in [2.75, 3.05) is 6.79 Å². The van der Waals surface area contributed by atoms with Crippen LogP contribution in [0.2, 0.25) is 0 Å². The van der Waals surface area contributed by atoms with Gasteiger partial charge >= 0.3 is 0 Å². The van der Waals surface area contributed by atoms with Crippen molar-refractivity contribution in [3.63, 3.8) is 0 Å². The highest BCUT2D eigenvalue weighted by molar-refractivity contribution is 8.26. The number of H-pyrrole nitrogens is 1. The molecular formula is C20H14N2O4S. The maximum Gasteiger partial charge on any atom is 0.290 e. The number of rotatable bonds is 1. The molecule has 27 heavy (non-hydrogen) atoms. The third kappa shape index (κ3) is 2.03. The Hall–Kier alpha value is -2.93. The van der Waals surface area contributed by atoms with Crippen molar-refractivity contribution in [1.82, 2.24) is 9.88 Å². The summed E-state index contributed by atoms with van der Waals surface area (Å²) in [4.78, 5) is 30.4. The van der Waals surface area contributed by atoms with Crippen molar-refractivity contribution in [2.24, 2.45) is 0 Å². The molecule has 3 aliphatic heterocycles. The fourth-order valence-corrected chi connectivity index (χ4v) is 5.17. The van der Waals surface area contributed by atoms with E-state index in [2.05, 4.69) is 11.1 Å². The molecule has 1 amide bonds. The van der Waals surface area contributed by atoms with Gasteiger partial charge in [-0.05, 0) is 29.3 Å². The molecule has 1 aromatic heterocycles. The lowest BCUT2D eigenvalue weighted by molar-refractivity contribution is -0.114. The maximum absolute atomic E-state index is 12.7. The van der Waals surface area contributed by atoms with Gasteiger partial charge in [-0.2, -0.15) is 0 Å². The van der Waals surface area contributed by atoms with Crippen molar-refractivity contribution in [3.05, 3.63) is 59.3 Å². The Morgan fingerprint density at radius 1 is 1.07 bits per heavy atom. The molecule has 7 heteroatoms. The Labute approximate surface area is 158 Å². The Morgan fingerprint density at radius 3 is 2.85 bits per heavy atom. The monoisotopic (exact) mass is 378 g/mol. The quantitative estimate of drug-likeness (QED) is 0.700. The molecule has 1 saturated heterocycles. The number of hydrogen-bond acceptors (Lipinski definition) is 5. The molecule has 134 valence electrons. The van der Waals surface area contributed by atoms with Gasteiger partial charge in [0.1, 0.15) is 6.04 Å². The summed E-state index contributed by atoms with van der Waals surface area (Å²) in [6.07, 6.45) is 0.540. The van der Waals surface area contributed by atoms with E-state index in [0.717, 1.165) is 39.5 Å². The first-order chi connectivity index (χ1) is 13.2. The summed E-state index contributed by atoms with van der Waals surface area (Å²) in [6, 6.07) is 13.0. The number of amides is 1. The number of ether oxygens (including phenoxy) is 2. The zero-order valence-corrected chi connectivity index (χ0v) is 14.9. The largest absolute Gasteiger partial charge is 0.454 e. The molecule has 0 saturated carbocycles. The van der Waals surface area contributed by atoms with Gasteiger partial charge in [0.05, 0.1) is 6.04 Å². The standard InChI is InChI=1S/C20H14N2O4S/c23-19-14-8-12-11-3-1-2-4-13(11)21-17(12)18(22(14)20(24)27-19)10-5-6-15-16(7-10)26-9-25-15/h1-7,14,18,21H,8-9H2/t14-,18-/m1/s1. The summed E-state index contributed by atoms with van der Waals surface area (Å²) in [5.74, 6) is 1.36. The second-order valence-corrected chi connectivity index (χ2v) is 7.85. The smallest absolute Gasteiger partial charge is 0.290 e. The average Bonchev–Trinajstić information content (AvgIpc) is 3.36. The minimum Gasteiger partial charge on any atom is -0.454 e. The highest BCUT2D eigenvalue weighted by Gasteiger charge is 2.49. The number of nitrogens with zero attached hydrogens (tertiary/aromatic N) is 1. The molecule has 1 N–H and O–H groups in total. The Bertz CT molecular complexity index is 1140. The van der Waals surface area contributed by atoms with Gasteiger partial charge in [0.25, 0.3) is 5.24 Å². The fourth-order valence-electron chi connectivity index (χ4n) is 4.33. The lowest BCUT2D eigenvalue weighted by Gasteiger charge is -2.36. The molecule has 4 heterocycles. The van der Waals surface area contributed by atoms with Gasteiger partial charge in [0.2, 0.25) is 11.9 Å². The zero-order chi connectivity index (χ0) is 18.1. The second kappa shape index (κ2) is 5.29. The third-order valence-corrected chi connectivity index (χ3v) is 6.37. The van der Waals surface area contributed by atoms with Gasteiger partial charge in [0, 0.05) is 34.8 Å². The first kappa shape index (κ1) is 15.2. The summed E-state index contributed by atoms with van der Waals surface area (Å²) in [6.45, 7) is 0.195. The predicted molar refractivity (Wildman–Crippen MR) is 100 cm³/mol. The summed E-state index contributed by atoms with van der Waals surface area (Å²) in [5.41, 5.74) is 4.00. The van der Waals surface area contributed by atoms with Crippen LogP contribution in [0.15, 0.2) is 42.5 Å². The number of aromatic nitrogens is 1. The number of hydrogen-bond donors (Lipinski definition) is 1. The van der Waals surface area contributed by atoms with E-state index in [1.54, 1.807) is 4.90 Å². The van der Waals surface area contributed by atoms with E-state index in [0.29, 0.717) is 17.9 Å². The van der Waals surface area contributed by atoms with Crippen LogP contribution in [-0.4, -0.2) is 33.1 Å². The number of carbonyl (C=O) groups excluding carboxylic acids is 2. The van der Waals surface area contributed by atoms with E-state index in [4.69, 9.17) is 9.47 Å². The minimum atomic E-state index is -0.440. The van der Waals surface area contributed by atoms with E-state index in [1.807, 2.05) is 36.4 Å². The van der Waals surface area contributed by atoms with Gasteiger partial charge in [-0.25, -0.2) is 0 Å². The highest BCUT2D eigenvalue weighted by atomic mass is 32.2. The van der Waals surface area contributed by atoms with Crippen LogP contribution in [0.1, 0.15) is 22.9 Å². The zero-order valence-electron chi connectivity index (χ0n) is 14.1. The average molecular weight is 378 g/mol. The second-order valence-electron chi connectivity index (χ2n) is 6.89. The topological polar surface area (TPSA) is 71.6 Å². The van der Waals surface area contributed by atoms with Crippen LogP contribution in [0.25, 0.3) is 10.9 Å². The number of para-hydroxylation sites is 1. The van der Waals surface area contributed by atoms with Crippen molar-refractivity contribution in [1.29, 1.82) is 0 Å². The fraction of sp³-hybridized carbons (Fsp3) is 0.200. The molecule has 0 spiro atoms. The number of fused-ring (bicyclic) bond motifs is 5. The van der Waals surface area contributed by atoms with Gasteiger partial charge in [-0.15, -0.1) is 0 Å². The molecular weight excluding hydrogens is 364 g/mol. The van der Waals surface area contributed by atoms with Crippen LogP contribution >= 0.6 is 11.8 Å². The first-order valence-electron chi connectivity index (χ1n) is 8.74. The van der Waals surface area contributed by atoms with Crippen LogP contribution in [0.5, 0.6) is 11.5 Å². The number of benzene rings is 2. The molecule has 3 aromatic rings. The highest BCUT2D eigenvalue weighted by Crippen LogP contribution is 2.47. The lowest BCUT2D eigenvalue weighted by atomic mass is 9.89. The van der Waals surface area contributed by atoms with Gasteiger partial charge in [-0.1, -0.05) is 24.3 Å². The van der Waals surface area contributed by atoms with Crippen molar-refractivity contribution in [3.8, 4) is 11.5 Å².